The van der Waals surface area contributed by atoms with Crippen molar-refractivity contribution in [2.75, 3.05) is 0 Å². The fourth-order valence-electron chi connectivity index (χ4n) is 2.04. The molecule has 0 amide bonds. The van der Waals surface area contributed by atoms with Gasteiger partial charge in [-0.05, 0) is 54.3 Å². The van der Waals surface area contributed by atoms with Gasteiger partial charge in [0.2, 0.25) is 0 Å². The highest BCUT2D eigenvalue weighted by molar-refractivity contribution is 9.10. The highest BCUT2D eigenvalue weighted by atomic mass is 79.9. The lowest BCUT2D eigenvalue weighted by molar-refractivity contribution is 0.608. The Morgan fingerprint density at radius 1 is 1.00 bits per heavy atom. The molecule has 0 saturated carbocycles. The van der Waals surface area contributed by atoms with Gasteiger partial charge in [-0.15, -0.1) is 0 Å². The third-order valence-corrected chi connectivity index (χ3v) is 4.66. The van der Waals surface area contributed by atoms with Gasteiger partial charge in [0.1, 0.15) is 5.82 Å². The van der Waals surface area contributed by atoms with Crippen LogP contribution in [0, 0.1) is 19.7 Å². The summed E-state index contributed by atoms with van der Waals surface area (Å²) in [5.74, 6) is -0.143. The van der Waals surface area contributed by atoms with E-state index >= 15 is 0 Å². The lowest BCUT2D eigenvalue weighted by atomic mass is 10.00. The van der Waals surface area contributed by atoms with Crippen LogP contribution in [0.1, 0.15) is 27.1 Å². The van der Waals surface area contributed by atoms with Crippen molar-refractivity contribution in [3.8, 4) is 0 Å². The van der Waals surface area contributed by atoms with E-state index in [1.54, 1.807) is 13.8 Å². The maximum Gasteiger partial charge on any atom is 0.129 e. The van der Waals surface area contributed by atoms with Crippen LogP contribution in [-0.4, -0.2) is 0 Å². The standard InChI is InChI=1S/C15H12Br2ClF/c1-8-3-10(4-9(2)15(8)19)14(17)11-5-12(16)7-13(18)6-11/h3-7,14H,1-2H3. The molecule has 19 heavy (non-hydrogen) atoms. The molecule has 0 bridgehead atoms. The molecule has 0 aromatic heterocycles. The van der Waals surface area contributed by atoms with E-state index in [9.17, 15) is 4.39 Å². The third kappa shape index (κ3) is 3.39. The maximum absolute atomic E-state index is 13.7. The lowest BCUT2D eigenvalue weighted by Crippen LogP contribution is -1.97. The molecule has 0 aliphatic carbocycles. The second-order valence-corrected chi connectivity index (χ2v) is 6.80. The SMILES string of the molecule is Cc1cc(C(Br)c2cc(Cl)cc(Br)c2)cc(C)c1F. The molecule has 2 aromatic carbocycles. The normalized spacial score (nSPS) is 12.5. The summed E-state index contributed by atoms with van der Waals surface area (Å²) in [6.45, 7) is 3.55. The van der Waals surface area contributed by atoms with E-state index in [4.69, 9.17) is 11.6 Å². The van der Waals surface area contributed by atoms with Crippen molar-refractivity contribution in [2.24, 2.45) is 0 Å². The Balaban J connectivity index is 2.46. The Morgan fingerprint density at radius 2 is 1.53 bits per heavy atom. The van der Waals surface area contributed by atoms with E-state index in [-0.39, 0.29) is 10.6 Å². The van der Waals surface area contributed by atoms with Crippen LogP contribution in [0.2, 0.25) is 5.02 Å². The van der Waals surface area contributed by atoms with Gasteiger partial charge in [-0.25, -0.2) is 4.39 Å². The molecular weight excluding hydrogens is 394 g/mol. The maximum atomic E-state index is 13.7. The lowest BCUT2D eigenvalue weighted by Gasteiger charge is -2.14. The quantitative estimate of drug-likeness (QED) is 0.510. The summed E-state index contributed by atoms with van der Waals surface area (Å²) in [6.07, 6.45) is 0. The minimum absolute atomic E-state index is 0.0134. The van der Waals surface area contributed by atoms with Gasteiger partial charge in [0.25, 0.3) is 0 Å². The van der Waals surface area contributed by atoms with Crippen LogP contribution >= 0.6 is 43.5 Å². The number of aryl methyl sites for hydroxylation is 2. The molecule has 0 aliphatic rings. The van der Waals surface area contributed by atoms with E-state index in [2.05, 4.69) is 31.9 Å². The zero-order valence-corrected chi connectivity index (χ0v) is 14.4. The number of alkyl halides is 1. The highest BCUT2D eigenvalue weighted by Crippen LogP contribution is 2.35. The average Bonchev–Trinajstić information content (AvgIpc) is 2.33. The number of halogens is 4. The average molecular weight is 407 g/mol. The van der Waals surface area contributed by atoms with E-state index in [1.807, 2.05) is 30.3 Å². The second-order valence-electron chi connectivity index (χ2n) is 4.53. The summed E-state index contributed by atoms with van der Waals surface area (Å²) < 4.78 is 14.6. The van der Waals surface area contributed by atoms with E-state index in [0.717, 1.165) is 15.6 Å². The predicted molar refractivity (Wildman–Crippen MR) is 85.8 cm³/mol. The van der Waals surface area contributed by atoms with Crippen molar-refractivity contribution in [2.45, 2.75) is 18.7 Å². The Morgan fingerprint density at radius 3 is 2.05 bits per heavy atom. The molecular formula is C15H12Br2ClF. The number of benzene rings is 2. The Hall–Kier alpha value is -0.380. The number of hydrogen-bond donors (Lipinski definition) is 0. The first kappa shape index (κ1) is 15.0. The van der Waals surface area contributed by atoms with Crippen LogP contribution in [0.15, 0.2) is 34.8 Å². The monoisotopic (exact) mass is 404 g/mol. The fourth-order valence-corrected chi connectivity index (χ4v) is 3.45. The van der Waals surface area contributed by atoms with Crippen molar-refractivity contribution in [1.82, 2.24) is 0 Å². The van der Waals surface area contributed by atoms with Crippen LogP contribution in [0.4, 0.5) is 4.39 Å². The van der Waals surface area contributed by atoms with Gasteiger partial charge >= 0.3 is 0 Å². The zero-order chi connectivity index (χ0) is 14.2. The molecule has 100 valence electrons. The summed E-state index contributed by atoms with van der Waals surface area (Å²) in [5, 5.41) is 0.671. The molecule has 0 saturated heterocycles. The first-order chi connectivity index (χ1) is 8.88. The molecule has 4 heteroatoms. The zero-order valence-electron chi connectivity index (χ0n) is 10.5. The van der Waals surface area contributed by atoms with Crippen LogP contribution in [0.25, 0.3) is 0 Å². The van der Waals surface area contributed by atoms with E-state index in [0.29, 0.717) is 16.1 Å². The molecule has 0 aliphatic heterocycles. The summed E-state index contributed by atoms with van der Waals surface area (Å²) in [4.78, 5) is -0.0134. The third-order valence-electron chi connectivity index (χ3n) is 2.93. The van der Waals surface area contributed by atoms with Gasteiger partial charge in [-0.2, -0.15) is 0 Å². The van der Waals surface area contributed by atoms with Crippen molar-refractivity contribution < 1.29 is 4.39 Å². The van der Waals surface area contributed by atoms with Gasteiger partial charge in [0, 0.05) is 9.50 Å². The Kier molecular flexibility index (Phi) is 4.70. The van der Waals surface area contributed by atoms with Crippen LogP contribution in [0.3, 0.4) is 0 Å². The van der Waals surface area contributed by atoms with E-state index in [1.165, 1.54) is 0 Å². The van der Waals surface area contributed by atoms with Crippen LogP contribution < -0.4 is 0 Å². The fraction of sp³-hybridized carbons (Fsp3) is 0.200. The molecule has 1 unspecified atom stereocenters. The van der Waals surface area contributed by atoms with E-state index < -0.39 is 0 Å². The number of rotatable bonds is 2. The van der Waals surface area contributed by atoms with Gasteiger partial charge < -0.3 is 0 Å². The van der Waals surface area contributed by atoms with Gasteiger partial charge in [-0.3, -0.25) is 0 Å². The Bertz CT molecular complexity index is 582. The minimum Gasteiger partial charge on any atom is -0.206 e. The molecule has 1 atom stereocenters. The van der Waals surface area contributed by atoms with Crippen molar-refractivity contribution >= 4 is 43.5 Å². The van der Waals surface area contributed by atoms with Crippen molar-refractivity contribution in [1.29, 1.82) is 0 Å². The van der Waals surface area contributed by atoms with Gasteiger partial charge in [0.05, 0.1) is 4.83 Å². The Labute approximate surface area is 134 Å². The first-order valence-corrected chi connectivity index (χ1v) is 7.84. The van der Waals surface area contributed by atoms with Gasteiger partial charge in [0.15, 0.2) is 0 Å². The van der Waals surface area contributed by atoms with Gasteiger partial charge in [-0.1, -0.05) is 55.6 Å². The predicted octanol–water partition coefficient (Wildman–Crippen LogP) is 6.34. The first-order valence-electron chi connectivity index (χ1n) is 5.75. The second kappa shape index (κ2) is 5.94. The smallest absolute Gasteiger partial charge is 0.129 e. The topological polar surface area (TPSA) is 0 Å². The minimum atomic E-state index is -0.143. The van der Waals surface area contributed by atoms with Crippen LogP contribution in [0.5, 0.6) is 0 Å². The summed E-state index contributed by atoms with van der Waals surface area (Å²) in [5.41, 5.74) is 3.36. The molecule has 0 nitrogen and oxygen atoms in total. The number of hydrogen-bond acceptors (Lipinski definition) is 0. The summed E-state index contributed by atoms with van der Waals surface area (Å²) in [7, 11) is 0. The molecule has 0 N–H and O–H groups in total. The largest absolute Gasteiger partial charge is 0.206 e. The molecule has 0 radical (unpaired) electrons. The van der Waals surface area contributed by atoms with Crippen LogP contribution in [-0.2, 0) is 0 Å². The van der Waals surface area contributed by atoms with Crippen molar-refractivity contribution in [3.63, 3.8) is 0 Å². The molecule has 0 heterocycles. The molecule has 2 rings (SSSR count). The van der Waals surface area contributed by atoms with Crippen molar-refractivity contribution in [3.05, 3.63) is 67.9 Å². The highest BCUT2D eigenvalue weighted by Gasteiger charge is 2.14. The molecule has 0 spiro atoms. The molecule has 2 aromatic rings. The summed E-state index contributed by atoms with van der Waals surface area (Å²) >= 11 is 13.1. The summed E-state index contributed by atoms with van der Waals surface area (Å²) in [6, 6.07) is 9.46. The molecule has 0 fully saturated rings.